The van der Waals surface area contributed by atoms with Crippen molar-refractivity contribution >= 4 is 12.2 Å². The fraction of sp³-hybridized carbons (Fsp3) is 0.562. The molecule has 0 aliphatic heterocycles. The molecule has 0 saturated heterocycles. The van der Waals surface area contributed by atoms with Crippen molar-refractivity contribution in [2.45, 2.75) is 59.4 Å². The lowest BCUT2D eigenvalue weighted by atomic mass is 9.84. The van der Waals surface area contributed by atoms with Gasteiger partial charge in [-0.3, -0.25) is 0 Å². The lowest BCUT2D eigenvalue weighted by Gasteiger charge is -2.23. The van der Waals surface area contributed by atoms with E-state index >= 15 is 0 Å². The Morgan fingerprint density at radius 1 is 1.24 bits per heavy atom. The second-order valence-electron chi connectivity index (χ2n) is 6.60. The lowest BCUT2D eigenvalue weighted by molar-refractivity contribution is 0.459. The predicted molar refractivity (Wildman–Crippen MR) is 88.6 cm³/mol. The van der Waals surface area contributed by atoms with E-state index in [1.165, 1.54) is 5.56 Å². The maximum Gasteiger partial charge on any atom is 0.220 e. The first-order valence-electron chi connectivity index (χ1n) is 7.42. The molecule has 21 heavy (non-hydrogen) atoms. The monoisotopic (exact) mass is 304 g/mol. The molecule has 1 aromatic heterocycles. The molecule has 2 aromatic rings. The highest BCUT2D eigenvalue weighted by atomic mass is 32.1. The molecule has 1 atom stereocenters. The molecule has 5 heteroatoms. The van der Waals surface area contributed by atoms with E-state index in [4.69, 9.17) is 12.2 Å². The molecule has 1 unspecified atom stereocenters. The average Bonchev–Trinajstić information content (AvgIpc) is 2.78. The lowest BCUT2D eigenvalue weighted by Crippen LogP contribution is -2.17. The number of aryl methyl sites for hydroxylation is 1. The minimum Gasteiger partial charge on any atom is -0.215 e. The normalized spacial score (nSPS) is 13.4. The average molecular weight is 304 g/mol. The van der Waals surface area contributed by atoms with Crippen LogP contribution in [-0.2, 0) is 5.41 Å². The summed E-state index contributed by atoms with van der Waals surface area (Å²) in [5.74, 6) is 0. The van der Waals surface area contributed by atoms with Crippen LogP contribution < -0.4 is 0 Å². The van der Waals surface area contributed by atoms with Crippen LogP contribution in [-0.4, -0.2) is 19.8 Å². The topological polar surface area (TPSA) is 35.6 Å². The Labute approximate surface area is 131 Å². The number of hydrogen-bond acceptors (Lipinski definition) is 3. The van der Waals surface area contributed by atoms with Gasteiger partial charge in [0, 0.05) is 0 Å². The first kappa shape index (κ1) is 15.9. The summed E-state index contributed by atoms with van der Waals surface area (Å²) in [6.45, 7) is 12.9. The summed E-state index contributed by atoms with van der Waals surface area (Å²) in [7, 11) is 0. The first-order valence-corrected chi connectivity index (χ1v) is 7.83. The second-order valence-corrected chi connectivity index (χ2v) is 6.96. The Balaban J connectivity index is 2.69. The van der Waals surface area contributed by atoms with Crippen LogP contribution in [0.4, 0.5) is 0 Å². The molecule has 2 rings (SSSR count). The summed E-state index contributed by atoms with van der Waals surface area (Å²) in [6.07, 6.45) is 0.979. The van der Waals surface area contributed by atoms with Crippen LogP contribution in [0.5, 0.6) is 0 Å². The van der Waals surface area contributed by atoms with Crippen molar-refractivity contribution in [1.82, 2.24) is 19.8 Å². The zero-order valence-corrected chi connectivity index (χ0v) is 14.5. The standard InChI is InChI=1S/C16H24N4S/c1-7-12(3)19-15(21)20(18-17-19)14-11(2)9-8-10-13(14)16(4,5)6/h8-10,12H,7H2,1-6H3. The van der Waals surface area contributed by atoms with Crippen LogP contribution in [0, 0.1) is 11.7 Å². The van der Waals surface area contributed by atoms with Gasteiger partial charge in [-0.25, -0.2) is 4.68 Å². The van der Waals surface area contributed by atoms with Crippen LogP contribution in [0.15, 0.2) is 18.2 Å². The second kappa shape index (κ2) is 5.72. The summed E-state index contributed by atoms with van der Waals surface area (Å²) in [6, 6.07) is 6.58. The number of aromatic nitrogens is 4. The van der Waals surface area contributed by atoms with Crippen LogP contribution >= 0.6 is 12.2 Å². The van der Waals surface area contributed by atoms with E-state index in [0.29, 0.717) is 4.77 Å². The van der Waals surface area contributed by atoms with Gasteiger partial charge in [-0.05, 0) is 59.5 Å². The molecule has 0 fully saturated rings. The summed E-state index contributed by atoms with van der Waals surface area (Å²) < 4.78 is 4.29. The zero-order chi connectivity index (χ0) is 15.8. The van der Waals surface area contributed by atoms with E-state index in [9.17, 15) is 0 Å². The molecule has 0 amide bonds. The summed E-state index contributed by atoms with van der Waals surface area (Å²) in [4.78, 5) is 0. The SMILES string of the molecule is CCC(C)n1nnn(-c2c(C)cccc2C(C)(C)C)c1=S. The van der Waals surface area contributed by atoms with Crippen molar-refractivity contribution in [3.05, 3.63) is 34.1 Å². The van der Waals surface area contributed by atoms with Crippen molar-refractivity contribution in [1.29, 1.82) is 0 Å². The Hall–Kier alpha value is -1.49. The molecule has 1 heterocycles. The Bertz CT molecular complexity index is 691. The molecule has 0 saturated carbocycles. The van der Waals surface area contributed by atoms with Crippen molar-refractivity contribution in [3.63, 3.8) is 0 Å². The quantitative estimate of drug-likeness (QED) is 0.790. The van der Waals surface area contributed by atoms with Gasteiger partial charge in [0.25, 0.3) is 0 Å². The molecule has 4 nitrogen and oxygen atoms in total. The first-order chi connectivity index (χ1) is 9.77. The zero-order valence-electron chi connectivity index (χ0n) is 13.7. The molecule has 0 N–H and O–H groups in total. The molecule has 1 aromatic carbocycles. The predicted octanol–water partition coefficient (Wildman–Crippen LogP) is 4.38. The fourth-order valence-corrected chi connectivity index (χ4v) is 2.74. The third kappa shape index (κ3) is 2.93. The van der Waals surface area contributed by atoms with Crippen LogP contribution in [0.2, 0.25) is 0 Å². The van der Waals surface area contributed by atoms with Crippen LogP contribution in [0.25, 0.3) is 5.69 Å². The van der Waals surface area contributed by atoms with Crippen LogP contribution in [0.3, 0.4) is 0 Å². The van der Waals surface area contributed by atoms with Gasteiger partial charge < -0.3 is 0 Å². The van der Waals surface area contributed by atoms with Gasteiger partial charge in [0.1, 0.15) is 0 Å². The number of benzene rings is 1. The van der Waals surface area contributed by atoms with Gasteiger partial charge in [-0.15, -0.1) is 0 Å². The third-order valence-corrected chi connectivity index (χ3v) is 4.23. The molecule has 0 aliphatic carbocycles. The van der Waals surface area contributed by atoms with E-state index in [-0.39, 0.29) is 11.5 Å². The highest BCUT2D eigenvalue weighted by Crippen LogP contribution is 2.30. The van der Waals surface area contributed by atoms with Gasteiger partial charge in [0.2, 0.25) is 4.77 Å². The van der Waals surface area contributed by atoms with Crippen molar-refractivity contribution in [2.24, 2.45) is 0 Å². The maximum atomic E-state index is 5.59. The van der Waals surface area contributed by atoms with E-state index in [1.807, 2.05) is 4.68 Å². The number of hydrogen-bond donors (Lipinski definition) is 0. The van der Waals surface area contributed by atoms with Gasteiger partial charge in [-0.2, -0.15) is 4.68 Å². The number of nitrogens with zero attached hydrogens (tertiary/aromatic N) is 4. The molecule has 0 radical (unpaired) electrons. The van der Waals surface area contributed by atoms with Crippen molar-refractivity contribution in [3.8, 4) is 5.69 Å². The molecule has 0 bridgehead atoms. The summed E-state index contributed by atoms with van der Waals surface area (Å²) in [5, 5.41) is 8.57. The molecular weight excluding hydrogens is 280 g/mol. The molecule has 0 spiro atoms. The van der Waals surface area contributed by atoms with Crippen molar-refractivity contribution < 1.29 is 0 Å². The molecular formula is C16H24N4S. The fourth-order valence-electron chi connectivity index (χ4n) is 2.39. The minimum absolute atomic E-state index is 0.0241. The Morgan fingerprint density at radius 2 is 1.90 bits per heavy atom. The number of para-hydroxylation sites is 1. The van der Waals surface area contributed by atoms with Gasteiger partial charge >= 0.3 is 0 Å². The van der Waals surface area contributed by atoms with Crippen molar-refractivity contribution in [2.75, 3.05) is 0 Å². The maximum absolute atomic E-state index is 5.59. The van der Waals surface area contributed by atoms with E-state index in [0.717, 1.165) is 17.7 Å². The number of rotatable bonds is 3. The summed E-state index contributed by atoms with van der Waals surface area (Å²) >= 11 is 5.59. The van der Waals surface area contributed by atoms with Gasteiger partial charge in [0.05, 0.1) is 11.7 Å². The number of tetrazole rings is 1. The molecule has 0 aliphatic rings. The minimum atomic E-state index is 0.0241. The largest absolute Gasteiger partial charge is 0.220 e. The third-order valence-electron chi connectivity index (χ3n) is 3.87. The van der Waals surface area contributed by atoms with E-state index in [2.05, 4.69) is 70.2 Å². The van der Waals surface area contributed by atoms with E-state index < -0.39 is 0 Å². The van der Waals surface area contributed by atoms with E-state index in [1.54, 1.807) is 4.68 Å². The van der Waals surface area contributed by atoms with Crippen LogP contribution in [0.1, 0.15) is 58.2 Å². The Morgan fingerprint density at radius 3 is 2.48 bits per heavy atom. The summed E-state index contributed by atoms with van der Waals surface area (Å²) in [5.41, 5.74) is 3.48. The van der Waals surface area contributed by atoms with Gasteiger partial charge in [0.15, 0.2) is 0 Å². The Kier molecular flexibility index (Phi) is 4.33. The van der Waals surface area contributed by atoms with Gasteiger partial charge in [-0.1, -0.05) is 45.9 Å². The smallest absolute Gasteiger partial charge is 0.215 e. The molecule has 114 valence electrons. The highest BCUT2D eigenvalue weighted by molar-refractivity contribution is 7.71. The highest BCUT2D eigenvalue weighted by Gasteiger charge is 2.22.